The third-order valence-electron chi connectivity index (χ3n) is 3.77. The van der Waals surface area contributed by atoms with Crippen LogP contribution < -0.4 is 5.32 Å². The van der Waals surface area contributed by atoms with Crippen molar-refractivity contribution in [2.45, 2.75) is 19.8 Å². The molecule has 1 aromatic heterocycles. The zero-order valence-corrected chi connectivity index (χ0v) is 14.3. The Labute approximate surface area is 146 Å². The summed E-state index contributed by atoms with van der Waals surface area (Å²) in [6.07, 6.45) is 3.78. The van der Waals surface area contributed by atoms with E-state index in [-0.39, 0.29) is 5.91 Å². The molecule has 0 aliphatic carbocycles. The molecule has 122 valence electrons. The van der Waals surface area contributed by atoms with E-state index in [2.05, 4.69) is 17.2 Å². The Hall–Kier alpha value is -2.66. The van der Waals surface area contributed by atoms with Crippen molar-refractivity contribution < 1.29 is 4.79 Å². The van der Waals surface area contributed by atoms with E-state index < -0.39 is 0 Å². The first-order chi connectivity index (χ1) is 11.7. The lowest BCUT2D eigenvalue weighted by Gasteiger charge is -2.09. The normalized spacial score (nSPS) is 10.5. The van der Waals surface area contributed by atoms with Crippen LogP contribution in [0.25, 0.3) is 5.69 Å². The van der Waals surface area contributed by atoms with Gasteiger partial charge in [-0.1, -0.05) is 43.7 Å². The summed E-state index contributed by atoms with van der Waals surface area (Å²) in [5, 5.41) is 2.92. The van der Waals surface area contributed by atoms with Gasteiger partial charge in [0.25, 0.3) is 5.91 Å². The number of aromatic nitrogens is 2. The van der Waals surface area contributed by atoms with E-state index in [0.29, 0.717) is 10.5 Å². The lowest BCUT2D eigenvalue weighted by molar-refractivity contribution is 0.102. The Morgan fingerprint density at radius 1 is 1.12 bits per heavy atom. The highest BCUT2D eigenvalue weighted by molar-refractivity contribution is 7.71. The highest BCUT2D eigenvalue weighted by Crippen LogP contribution is 2.16. The molecular weight excluding hydrogens is 318 g/mol. The number of para-hydroxylation sites is 1. The van der Waals surface area contributed by atoms with Crippen LogP contribution in [0.1, 0.15) is 29.4 Å². The lowest BCUT2D eigenvalue weighted by Crippen LogP contribution is -2.16. The largest absolute Gasteiger partial charge is 0.336 e. The summed E-state index contributed by atoms with van der Waals surface area (Å²) >= 11 is 5.31. The highest BCUT2D eigenvalue weighted by atomic mass is 32.1. The minimum atomic E-state index is -0.200. The molecule has 2 N–H and O–H groups in total. The number of imidazole rings is 1. The summed E-state index contributed by atoms with van der Waals surface area (Å²) in [4.78, 5) is 15.6. The van der Waals surface area contributed by atoms with E-state index in [9.17, 15) is 4.79 Å². The highest BCUT2D eigenvalue weighted by Gasteiger charge is 2.14. The monoisotopic (exact) mass is 337 g/mol. The van der Waals surface area contributed by atoms with Crippen molar-refractivity contribution in [3.63, 3.8) is 0 Å². The summed E-state index contributed by atoms with van der Waals surface area (Å²) in [6.45, 7) is 2.15. The minimum Gasteiger partial charge on any atom is -0.336 e. The Balaban J connectivity index is 1.85. The average Bonchev–Trinajstić information content (AvgIpc) is 2.99. The fourth-order valence-corrected chi connectivity index (χ4v) is 2.87. The number of hydrogen-bond acceptors (Lipinski definition) is 2. The molecule has 3 aromatic rings. The summed E-state index contributed by atoms with van der Waals surface area (Å²) in [7, 11) is 0. The molecule has 4 nitrogen and oxygen atoms in total. The molecular formula is C19H19N3OS. The van der Waals surface area contributed by atoms with E-state index >= 15 is 0 Å². The third-order valence-corrected chi connectivity index (χ3v) is 4.07. The third kappa shape index (κ3) is 3.46. The fourth-order valence-electron chi connectivity index (χ4n) is 2.61. The van der Waals surface area contributed by atoms with Gasteiger partial charge in [-0.25, -0.2) is 0 Å². The first kappa shape index (κ1) is 16.2. The van der Waals surface area contributed by atoms with Gasteiger partial charge < -0.3 is 10.3 Å². The number of aryl methyl sites for hydroxylation is 1. The number of rotatable bonds is 5. The second-order valence-electron chi connectivity index (χ2n) is 5.55. The van der Waals surface area contributed by atoms with Gasteiger partial charge in [-0.2, -0.15) is 0 Å². The van der Waals surface area contributed by atoms with Crippen molar-refractivity contribution in [1.82, 2.24) is 9.55 Å². The molecule has 0 saturated carbocycles. The van der Waals surface area contributed by atoms with Gasteiger partial charge in [0.1, 0.15) is 5.69 Å². The van der Waals surface area contributed by atoms with E-state index in [0.717, 1.165) is 24.2 Å². The van der Waals surface area contributed by atoms with Gasteiger partial charge in [0.2, 0.25) is 0 Å². The maximum Gasteiger partial charge on any atom is 0.274 e. The van der Waals surface area contributed by atoms with Crippen LogP contribution in [0, 0.1) is 4.77 Å². The van der Waals surface area contributed by atoms with E-state index in [1.54, 1.807) is 10.8 Å². The van der Waals surface area contributed by atoms with Gasteiger partial charge in [0.15, 0.2) is 4.77 Å². The molecule has 3 rings (SSSR count). The number of H-pyrrole nitrogens is 1. The van der Waals surface area contributed by atoms with Crippen LogP contribution in [-0.2, 0) is 6.42 Å². The first-order valence-corrected chi connectivity index (χ1v) is 8.36. The van der Waals surface area contributed by atoms with E-state index in [1.807, 2.05) is 54.6 Å². The van der Waals surface area contributed by atoms with Gasteiger partial charge >= 0.3 is 0 Å². The smallest absolute Gasteiger partial charge is 0.274 e. The molecule has 1 amide bonds. The predicted molar refractivity (Wildman–Crippen MR) is 99.3 cm³/mol. The van der Waals surface area contributed by atoms with Crippen LogP contribution in [0.4, 0.5) is 5.69 Å². The molecule has 5 heteroatoms. The predicted octanol–water partition coefficient (Wildman–Crippen LogP) is 4.74. The van der Waals surface area contributed by atoms with Crippen LogP contribution in [0.15, 0.2) is 60.8 Å². The quantitative estimate of drug-likeness (QED) is 0.661. The summed E-state index contributed by atoms with van der Waals surface area (Å²) < 4.78 is 2.22. The van der Waals surface area contributed by atoms with Crippen molar-refractivity contribution in [3.05, 3.63) is 76.8 Å². The second kappa shape index (κ2) is 7.27. The van der Waals surface area contributed by atoms with Gasteiger partial charge in [-0.05, 0) is 48.5 Å². The lowest BCUT2D eigenvalue weighted by atomic mass is 10.1. The average molecular weight is 337 g/mol. The molecule has 1 heterocycles. The first-order valence-electron chi connectivity index (χ1n) is 7.95. The molecule has 0 atom stereocenters. The van der Waals surface area contributed by atoms with Crippen LogP contribution in [0.2, 0.25) is 0 Å². The van der Waals surface area contributed by atoms with Crippen molar-refractivity contribution in [3.8, 4) is 5.69 Å². The minimum absolute atomic E-state index is 0.200. The Kier molecular flexibility index (Phi) is 4.91. The zero-order valence-electron chi connectivity index (χ0n) is 13.5. The summed E-state index contributed by atoms with van der Waals surface area (Å²) in [5.74, 6) is -0.200. The number of anilines is 1. The van der Waals surface area contributed by atoms with Gasteiger partial charge in [-0.15, -0.1) is 0 Å². The Morgan fingerprint density at radius 3 is 2.50 bits per heavy atom. The number of carbonyl (C=O) groups is 1. The SMILES string of the molecule is CCCc1ccc(NC(=O)c2c[nH]c(=S)n2-c2ccccc2)cc1. The van der Waals surface area contributed by atoms with E-state index in [1.165, 1.54) is 5.56 Å². The molecule has 0 fully saturated rings. The molecule has 0 saturated heterocycles. The maximum absolute atomic E-state index is 12.6. The van der Waals surface area contributed by atoms with Crippen molar-refractivity contribution >= 4 is 23.8 Å². The second-order valence-corrected chi connectivity index (χ2v) is 5.94. The molecule has 24 heavy (non-hydrogen) atoms. The molecule has 0 aliphatic heterocycles. The van der Waals surface area contributed by atoms with Crippen molar-refractivity contribution in [1.29, 1.82) is 0 Å². The standard InChI is InChI=1S/C19H19N3OS/c1-2-6-14-9-11-15(12-10-14)21-18(23)17-13-20-19(24)22(17)16-7-4-3-5-8-16/h3-5,7-13H,2,6H2,1H3,(H,20,24)(H,21,23). The Bertz CT molecular complexity index is 879. The van der Waals surface area contributed by atoms with Crippen molar-refractivity contribution in [2.24, 2.45) is 0 Å². The molecule has 0 spiro atoms. The molecule has 0 aliphatic rings. The molecule has 0 radical (unpaired) electrons. The van der Waals surface area contributed by atoms with E-state index in [4.69, 9.17) is 12.2 Å². The molecule has 0 bridgehead atoms. The maximum atomic E-state index is 12.6. The number of aromatic amines is 1. The number of carbonyl (C=O) groups excluding carboxylic acids is 1. The zero-order chi connectivity index (χ0) is 16.9. The number of nitrogens with zero attached hydrogens (tertiary/aromatic N) is 1. The van der Waals surface area contributed by atoms with Crippen LogP contribution in [0.3, 0.4) is 0 Å². The fraction of sp³-hybridized carbons (Fsp3) is 0.158. The van der Waals surface area contributed by atoms with Gasteiger partial charge in [0, 0.05) is 17.6 Å². The van der Waals surface area contributed by atoms with Crippen LogP contribution in [-0.4, -0.2) is 15.5 Å². The number of hydrogen-bond donors (Lipinski definition) is 2. The van der Waals surface area contributed by atoms with Crippen LogP contribution in [0.5, 0.6) is 0 Å². The molecule has 0 unspecified atom stereocenters. The topological polar surface area (TPSA) is 49.8 Å². The number of amides is 1. The van der Waals surface area contributed by atoms with Gasteiger partial charge in [0.05, 0.1) is 0 Å². The Morgan fingerprint density at radius 2 is 1.83 bits per heavy atom. The van der Waals surface area contributed by atoms with Crippen LogP contribution >= 0.6 is 12.2 Å². The van der Waals surface area contributed by atoms with Crippen molar-refractivity contribution in [2.75, 3.05) is 5.32 Å². The number of benzene rings is 2. The summed E-state index contributed by atoms with van der Waals surface area (Å²) in [5.41, 5.74) is 3.37. The summed E-state index contributed by atoms with van der Waals surface area (Å²) in [6, 6.07) is 17.5. The molecule has 2 aromatic carbocycles. The van der Waals surface area contributed by atoms with Gasteiger partial charge in [-0.3, -0.25) is 9.36 Å². The number of nitrogens with one attached hydrogen (secondary N) is 2.